The van der Waals surface area contributed by atoms with Crippen molar-refractivity contribution in [3.05, 3.63) is 65.2 Å². The molecule has 0 saturated heterocycles. The lowest BCUT2D eigenvalue weighted by Crippen LogP contribution is -2.38. The molecule has 0 radical (unpaired) electrons. The molecule has 5 heteroatoms. The van der Waals surface area contributed by atoms with E-state index in [1.54, 1.807) is 6.92 Å². The predicted molar refractivity (Wildman–Crippen MR) is 77.5 cm³/mol. The second-order valence-electron chi connectivity index (χ2n) is 5.32. The third kappa shape index (κ3) is 2.79. The van der Waals surface area contributed by atoms with Gasteiger partial charge in [-0.2, -0.15) is 0 Å². The lowest BCUT2D eigenvalue weighted by Gasteiger charge is -2.17. The Morgan fingerprint density at radius 2 is 2.00 bits per heavy atom. The molecule has 0 aromatic heterocycles. The van der Waals surface area contributed by atoms with Crippen LogP contribution in [0.4, 0.5) is 8.78 Å². The van der Waals surface area contributed by atoms with Gasteiger partial charge < -0.3 is 10.1 Å². The van der Waals surface area contributed by atoms with E-state index in [4.69, 9.17) is 4.74 Å². The van der Waals surface area contributed by atoms with Crippen LogP contribution in [0.1, 0.15) is 24.1 Å². The molecule has 0 spiro atoms. The van der Waals surface area contributed by atoms with Crippen molar-refractivity contribution in [3.8, 4) is 5.75 Å². The number of benzene rings is 2. The molecule has 0 bridgehead atoms. The first kappa shape index (κ1) is 14.5. The molecule has 2 atom stereocenters. The summed E-state index contributed by atoms with van der Waals surface area (Å²) in [4.78, 5) is 12.2. The number of ether oxygens (including phenoxy) is 1. The molecule has 2 aromatic carbocycles. The van der Waals surface area contributed by atoms with Crippen LogP contribution in [0.25, 0.3) is 0 Å². The highest BCUT2D eigenvalue weighted by Crippen LogP contribution is 2.28. The number of nitrogens with one attached hydrogen (secondary N) is 1. The van der Waals surface area contributed by atoms with Crippen LogP contribution in [-0.2, 0) is 11.2 Å². The summed E-state index contributed by atoms with van der Waals surface area (Å²) in [5.41, 5.74) is 1.49. The minimum atomic E-state index is -0.928. The first-order chi connectivity index (χ1) is 10.5. The standard InChI is InChI=1S/C17H15F2NO2/c1-10(11-6-7-13(18)14(19)8-11)20-17(21)16-9-12-4-2-3-5-15(12)22-16/h2-8,10,16H,9H2,1H3,(H,20,21). The Bertz CT molecular complexity index is 693. The fourth-order valence-corrected chi connectivity index (χ4v) is 2.50. The minimum Gasteiger partial charge on any atom is -0.480 e. The number of halogens is 2. The fourth-order valence-electron chi connectivity index (χ4n) is 2.50. The third-order valence-corrected chi connectivity index (χ3v) is 3.74. The molecule has 22 heavy (non-hydrogen) atoms. The predicted octanol–water partition coefficient (Wildman–Crippen LogP) is 3.15. The van der Waals surface area contributed by atoms with Crippen molar-refractivity contribution in [2.24, 2.45) is 0 Å². The SMILES string of the molecule is CC(NC(=O)C1Cc2ccccc2O1)c1ccc(F)c(F)c1. The van der Waals surface area contributed by atoms with E-state index in [0.717, 1.165) is 17.7 Å². The quantitative estimate of drug-likeness (QED) is 0.946. The molecule has 1 heterocycles. The first-order valence-electron chi connectivity index (χ1n) is 7.04. The van der Waals surface area contributed by atoms with Crippen LogP contribution in [0.2, 0.25) is 0 Å². The van der Waals surface area contributed by atoms with Crippen LogP contribution < -0.4 is 10.1 Å². The molecule has 3 rings (SSSR count). The van der Waals surface area contributed by atoms with Gasteiger partial charge in [-0.15, -0.1) is 0 Å². The van der Waals surface area contributed by atoms with E-state index in [1.807, 2.05) is 24.3 Å². The van der Waals surface area contributed by atoms with Gasteiger partial charge in [-0.3, -0.25) is 4.79 Å². The zero-order valence-corrected chi connectivity index (χ0v) is 12.0. The minimum absolute atomic E-state index is 0.270. The van der Waals surface area contributed by atoms with E-state index in [-0.39, 0.29) is 5.91 Å². The van der Waals surface area contributed by atoms with E-state index >= 15 is 0 Å². The highest BCUT2D eigenvalue weighted by molar-refractivity contribution is 5.82. The molecule has 2 aromatic rings. The molecular formula is C17H15F2NO2. The van der Waals surface area contributed by atoms with Gasteiger partial charge >= 0.3 is 0 Å². The molecule has 3 nitrogen and oxygen atoms in total. The number of para-hydroxylation sites is 1. The van der Waals surface area contributed by atoms with E-state index < -0.39 is 23.8 Å². The Morgan fingerprint density at radius 1 is 1.23 bits per heavy atom. The largest absolute Gasteiger partial charge is 0.480 e. The topological polar surface area (TPSA) is 38.3 Å². The van der Waals surface area contributed by atoms with Crippen molar-refractivity contribution >= 4 is 5.91 Å². The van der Waals surface area contributed by atoms with Crippen molar-refractivity contribution < 1.29 is 18.3 Å². The Balaban J connectivity index is 1.66. The zero-order chi connectivity index (χ0) is 15.7. The smallest absolute Gasteiger partial charge is 0.261 e. The first-order valence-corrected chi connectivity index (χ1v) is 7.04. The Hall–Kier alpha value is -2.43. The summed E-state index contributed by atoms with van der Waals surface area (Å²) in [6.07, 6.45) is -0.0860. The average molecular weight is 303 g/mol. The molecule has 1 N–H and O–H groups in total. The summed E-state index contributed by atoms with van der Waals surface area (Å²) >= 11 is 0. The van der Waals surface area contributed by atoms with Crippen LogP contribution in [0.3, 0.4) is 0 Å². The molecule has 0 aliphatic carbocycles. The van der Waals surface area contributed by atoms with Crippen LogP contribution in [0.15, 0.2) is 42.5 Å². The van der Waals surface area contributed by atoms with Crippen molar-refractivity contribution in [2.75, 3.05) is 0 Å². The van der Waals surface area contributed by atoms with E-state index in [0.29, 0.717) is 17.7 Å². The summed E-state index contributed by atoms with van der Waals surface area (Å²) in [5, 5.41) is 2.77. The highest BCUT2D eigenvalue weighted by atomic mass is 19.2. The van der Waals surface area contributed by atoms with Crippen LogP contribution in [0, 0.1) is 11.6 Å². The van der Waals surface area contributed by atoms with Crippen LogP contribution in [-0.4, -0.2) is 12.0 Å². The second-order valence-corrected chi connectivity index (χ2v) is 5.32. The third-order valence-electron chi connectivity index (χ3n) is 3.74. The van der Waals surface area contributed by atoms with Gasteiger partial charge in [0.1, 0.15) is 5.75 Å². The number of amides is 1. The summed E-state index contributed by atoms with van der Waals surface area (Å²) in [6, 6.07) is 10.6. The van der Waals surface area contributed by atoms with Crippen molar-refractivity contribution in [3.63, 3.8) is 0 Å². The number of hydrogen-bond donors (Lipinski definition) is 1. The normalized spacial score (nSPS) is 17.5. The van der Waals surface area contributed by atoms with Crippen LogP contribution in [0.5, 0.6) is 5.75 Å². The lowest BCUT2D eigenvalue weighted by atomic mass is 10.1. The summed E-state index contributed by atoms with van der Waals surface area (Å²) in [5.74, 6) is -1.39. The Kier molecular flexibility index (Phi) is 3.79. The molecule has 1 aliphatic heterocycles. The fraction of sp³-hybridized carbons (Fsp3) is 0.235. The van der Waals surface area contributed by atoms with E-state index in [9.17, 15) is 13.6 Å². The maximum atomic E-state index is 13.2. The number of rotatable bonds is 3. The highest BCUT2D eigenvalue weighted by Gasteiger charge is 2.29. The summed E-state index contributed by atoms with van der Waals surface area (Å²) < 4.78 is 31.8. The molecule has 2 unspecified atom stereocenters. The number of carbonyl (C=O) groups excluding carboxylic acids is 1. The molecular weight excluding hydrogens is 288 g/mol. The maximum absolute atomic E-state index is 13.2. The number of hydrogen-bond acceptors (Lipinski definition) is 2. The summed E-state index contributed by atoms with van der Waals surface area (Å²) in [7, 11) is 0. The monoisotopic (exact) mass is 303 g/mol. The maximum Gasteiger partial charge on any atom is 0.261 e. The van der Waals surface area contributed by atoms with Gasteiger partial charge in [0.25, 0.3) is 5.91 Å². The molecule has 114 valence electrons. The van der Waals surface area contributed by atoms with Gasteiger partial charge in [0.05, 0.1) is 6.04 Å². The van der Waals surface area contributed by atoms with E-state index in [2.05, 4.69) is 5.32 Å². The zero-order valence-electron chi connectivity index (χ0n) is 12.0. The molecule has 0 fully saturated rings. The Labute approximate surface area is 126 Å². The van der Waals surface area contributed by atoms with Gasteiger partial charge in [-0.05, 0) is 36.2 Å². The van der Waals surface area contributed by atoms with Gasteiger partial charge in [0, 0.05) is 6.42 Å². The molecule has 1 aliphatic rings. The van der Waals surface area contributed by atoms with Crippen molar-refractivity contribution in [2.45, 2.75) is 25.5 Å². The number of carbonyl (C=O) groups is 1. The van der Waals surface area contributed by atoms with Gasteiger partial charge in [-0.1, -0.05) is 24.3 Å². The molecule has 1 amide bonds. The molecule has 0 saturated carbocycles. The van der Waals surface area contributed by atoms with Crippen molar-refractivity contribution in [1.82, 2.24) is 5.32 Å². The van der Waals surface area contributed by atoms with E-state index in [1.165, 1.54) is 6.07 Å². The average Bonchev–Trinajstić information content (AvgIpc) is 2.94. The number of fused-ring (bicyclic) bond motifs is 1. The summed E-state index contributed by atoms with van der Waals surface area (Å²) in [6.45, 7) is 1.71. The Morgan fingerprint density at radius 3 is 2.73 bits per heavy atom. The van der Waals surface area contributed by atoms with Gasteiger partial charge in [-0.25, -0.2) is 8.78 Å². The lowest BCUT2D eigenvalue weighted by molar-refractivity contribution is -0.127. The second kappa shape index (κ2) is 5.75. The van der Waals surface area contributed by atoms with Gasteiger partial charge in [0.2, 0.25) is 0 Å². The van der Waals surface area contributed by atoms with Gasteiger partial charge in [0.15, 0.2) is 17.7 Å². The van der Waals surface area contributed by atoms with Crippen molar-refractivity contribution in [1.29, 1.82) is 0 Å². The van der Waals surface area contributed by atoms with Crippen LogP contribution >= 0.6 is 0 Å².